The van der Waals surface area contributed by atoms with E-state index in [1.165, 1.54) is 0 Å². The number of rotatable bonds is 3. The summed E-state index contributed by atoms with van der Waals surface area (Å²) in [4.78, 5) is 0. The molecule has 1 atom stereocenters. The number of hydrogen-bond acceptors (Lipinski definition) is 4. The van der Waals surface area contributed by atoms with E-state index in [1.807, 2.05) is 25.1 Å². The van der Waals surface area contributed by atoms with E-state index in [4.69, 9.17) is 16.0 Å². The van der Waals surface area contributed by atoms with E-state index in [0.717, 1.165) is 15.7 Å². The Hall–Kier alpha value is -1.07. The van der Waals surface area contributed by atoms with Gasteiger partial charge in [-0.1, -0.05) is 21.0 Å². The van der Waals surface area contributed by atoms with Gasteiger partial charge in [0.15, 0.2) is 0 Å². The first-order valence-electron chi connectivity index (χ1n) is 5.06. The number of hydrogen-bond donors (Lipinski definition) is 1. The molecule has 17 heavy (non-hydrogen) atoms. The van der Waals surface area contributed by atoms with Crippen LogP contribution in [0.4, 0.5) is 11.7 Å². The summed E-state index contributed by atoms with van der Waals surface area (Å²) in [7, 11) is 0. The van der Waals surface area contributed by atoms with Crippen molar-refractivity contribution in [1.29, 1.82) is 0 Å². The first kappa shape index (κ1) is 12.4. The summed E-state index contributed by atoms with van der Waals surface area (Å²) in [5.74, 6) is 0.404. The predicted molar refractivity (Wildman–Crippen MR) is 70.7 cm³/mol. The fourth-order valence-corrected chi connectivity index (χ4v) is 2.07. The van der Waals surface area contributed by atoms with Crippen molar-refractivity contribution >= 4 is 39.2 Å². The Bertz CT molecular complexity index is 507. The summed E-state index contributed by atoms with van der Waals surface area (Å²) in [6.45, 7) is 3.79. The molecule has 2 aromatic rings. The largest absolute Gasteiger partial charge is 0.406 e. The van der Waals surface area contributed by atoms with Crippen molar-refractivity contribution in [3.8, 4) is 0 Å². The van der Waals surface area contributed by atoms with Crippen molar-refractivity contribution in [2.75, 3.05) is 5.32 Å². The van der Waals surface area contributed by atoms with Crippen LogP contribution >= 0.6 is 27.5 Å². The van der Waals surface area contributed by atoms with Gasteiger partial charge in [-0.25, -0.2) is 0 Å². The molecular formula is C11H11BrClN3O. The smallest absolute Gasteiger partial charge is 0.320 e. The number of anilines is 2. The van der Waals surface area contributed by atoms with Crippen molar-refractivity contribution in [3.05, 3.63) is 34.1 Å². The van der Waals surface area contributed by atoms with Crippen LogP contribution in [0.15, 0.2) is 27.1 Å². The molecule has 0 spiro atoms. The highest BCUT2D eigenvalue weighted by Crippen LogP contribution is 2.24. The summed E-state index contributed by atoms with van der Waals surface area (Å²) in [6.07, 6.45) is 0. The molecule has 4 nitrogen and oxygen atoms in total. The first-order chi connectivity index (χ1) is 8.04. The third kappa shape index (κ3) is 3.20. The van der Waals surface area contributed by atoms with Crippen LogP contribution in [0.1, 0.15) is 23.8 Å². The second-order valence-corrected chi connectivity index (χ2v) is 5.27. The number of benzene rings is 1. The maximum atomic E-state index is 5.84. The molecule has 0 aliphatic heterocycles. The summed E-state index contributed by atoms with van der Waals surface area (Å²) < 4.78 is 6.34. The molecule has 0 bridgehead atoms. The molecule has 1 heterocycles. The number of aromatic nitrogens is 2. The second kappa shape index (κ2) is 5.06. The Kier molecular flexibility index (Phi) is 3.69. The molecule has 1 aromatic heterocycles. The number of nitrogens with zero attached hydrogens (tertiary/aromatic N) is 2. The zero-order chi connectivity index (χ0) is 12.4. The number of nitrogens with one attached hydrogen (secondary N) is 1. The first-order valence-corrected chi connectivity index (χ1v) is 6.29. The molecule has 1 unspecified atom stereocenters. The molecule has 2 rings (SSSR count). The lowest BCUT2D eigenvalue weighted by Gasteiger charge is -2.03. The van der Waals surface area contributed by atoms with E-state index >= 15 is 0 Å². The zero-order valence-electron chi connectivity index (χ0n) is 9.37. The maximum Gasteiger partial charge on any atom is 0.320 e. The predicted octanol–water partition coefficient (Wildman–Crippen LogP) is 4.18. The van der Waals surface area contributed by atoms with Crippen LogP contribution in [0, 0.1) is 6.92 Å². The number of alkyl halides is 1. The van der Waals surface area contributed by atoms with Crippen LogP contribution in [-0.2, 0) is 0 Å². The second-order valence-electron chi connectivity index (χ2n) is 3.70. The average molecular weight is 317 g/mol. The van der Waals surface area contributed by atoms with Crippen LogP contribution in [0.5, 0.6) is 0 Å². The van der Waals surface area contributed by atoms with Crippen LogP contribution in [-0.4, -0.2) is 10.2 Å². The molecular weight excluding hydrogens is 305 g/mol. The highest BCUT2D eigenvalue weighted by atomic mass is 79.9. The van der Waals surface area contributed by atoms with Gasteiger partial charge in [0.2, 0.25) is 5.89 Å². The number of aryl methyl sites for hydroxylation is 1. The monoisotopic (exact) mass is 315 g/mol. The standard InChI is InChI=1S/C11H11BrClN3O/c1-6-3-8(12)5-9(4-6)14-11-16-15-10(17-11)7(2)13/h3-5,7H,1-2H3,(H,14,16). The van der Waals surface area contributed by atoms with Crippen molar-refractivity contribution in [2.45, 2.75) is 19.2 Å². The Morgan fingerprint density at radius 2 is 2.12 bits per heavy atom. The molecule has 90 valence electrons. The van der Waals surface area contributed by atoms with Crippen LogP contribution in [0.2, 0.25) is 0 Å². The number of halogens is 2. The Balaban J connectivity index is 2.19. The van der Waals surface area contributed by atoms with Gasteiger partial charge in [-0.3, -0.25) is 0 Å². The van der Waals surface area contributed by atoms with E-state index in [9.17, 15) is 0 Å². The topological polar surface area (TPSA) is 51.0 Å². The lowest BCUT2D eigenvalue weighted by molar-refractivity contribution is 0.510. The van der Waals surface area contributed by atoms with Crippen LogP contribution in [0.3, 0.4) is 0 Å². The van der Waals surface area contributed by atoms with Crippen LogP contribution in [0.25, 0.3) is 0 Å². The minimum absolute atomic E-state index is 0.290. The van der Waals surface area contributed by atoms with Gasteiger partial charge in [0, 0.05) is 10.2 Å². The van der Waals surface area contributed by atoms with Gasteiger partial charge in [0.05, 0.1) is 0 Å². The molecule has 0 amide bonds. The average Bonchev–Trinajstić information content (AvgIpc) is 2.64. The van der Waals surface area contributed by atoms with Gasteiger partial charge in [-0.2, -0.15) is 0 Å². The Morgan fingerprint density at radius 1 is 1.35 bits per heavy atom. The van der Waals surface area contributed by atoms with E-state index < -0.39 is 0 Å². The minimum Gasteiger partial charge on any atom is -0.406 e. The fourth-order valence-electron chi connectivity index (χ4n) is 1.38. The molecule has 0 fully saturated rings. The zero-order valence-corrected chi connectivity index (χ0v) is 11.7. The molecule has 6 heteroatoms. The summed E-state index contributed by atoms with van der Waals surface area (Å²) in [6, 6.07) is 6.27. The lowest BCUT2D eigenvalue weighted by atomic mass is 10.2. The van der Waals surface area contributed by atoms with Gasteiger partial charge in [0.25, 0.3) is 0 Å². The minimum atomic E-state index is -0.290. The Morgan fingerprint density at radius 3 is 2.71 bits per heavy atom. The molecule has 0 saturated carbocycles. The van der Waals surface area contributed by atoms with Gasteiger partial charge in [0.1, 0.15) is 5.38 Å². The fraction of sp³-hybridized carbons (Fsp3) is 0.273. The van der Waals surface area contributed by atoms with Crippen molar-refractivity contribution < 1.29 is 4.42 Å². The normalized spacial score (nSPS) is 12.5. The van der Waals surface area contributed by atoms with Gasteiger partial charge in [-0.15, -0.1) is 16.7 Å². The molecule has 1 N–H and O–H groups in total. The van der Waals surface area contributed by atoms with Crippen LogP contribution < -0.4 is 5.32 Å². The van der Waals surface area contributed by atoms with Gasteiger partial charge >= 0.3 is 6.01 Å². The summed E-state index contributed by atoms with van der Waals surface area (Å²) in [5, 5.41) is 10.4. The molecule has 0 saturated heterocycles. The summed E-state index contributed by atoms with van der Waals surface area (Å²) in [5.41, 5.74) is 2.02. The summed E-state index contributed by atoms with van der Waals surface area (Å²) >= 11 is 9.27. The molecule has 0 aliphatic carbocycles. The Labute approximate surface area is 113 Å². The van der Waals surface area contributed by atoms with Crippen molar-refractivity contribution in [2.24, 2.45) is 0 Å². The van der Waals surface area contributed by atoms with Crippen molar-refractivity contribution in [1.82, 2.24) is 10.2 Å². The van der Waals surface area contributed by atoms with E-state index in [-0.39, 0.29) is 5.38 Å². The van der Waals surface area contributed by atoms with E-state index in [1.54, 1.807) is 6.92 Å². The third-order valence-electron chi connectivity index (χ3n) is 2.07. The van der Waals surface area contributed by atoms with Gasteiger partial charge in [-0.05, 0) is 37.6 Å². The third-order valence-corrected chi connectivity index (χ3v) is 2.72. The van der Waals surface area contributed by atoms with Gasteiger partial charge < -0.3 is 9.73 Å². The molecule has 0 radical (unpaired) electrons. The SMILES string of the molecule is Cc1cc(Br)cc(Nc2nnc(C(C)Cl)o2)c1. The maximum absolute atomic E-state index is 5.84. The van der Waals surface area contributed by atoms with E-state index in [2.05, 4.69) is 31.4 Å². The highest BCUT2D eigenvalue weighted by Gasteiger charge is 2.11. The molecule has 0 aliphatic rings. The quantitative estimate of drug-likeness (QED) is 0.863. The lowest BCUT2D eigenvalue weighted by Crippen LogP contribution is -1.91. The molecule has 1 aromatic carbocycles. The van der Waals surface area contributed by atoms with E-state index in [0.29, 0.717) is 11.9 Å². The highest BCUT2D eigenvalue weighted by molar-refractivity contribution is 9.10. The van der Waals surface area contributed by atoms with Crippen molar-refractivity contribution in [3.63, 3.8) is 0 Å².